The molecule has 1 atom stereocenters. The zero-order valence-corrected chi connectivity index (χ0v) is 6.66. The van der Waals surface area contributed by atoms with Crippen molar-refractivity contribution < 1.29 is 9.90 Å². The molecular weight excluding hydrogens is 128 g/mol. The van der Waals surface area contributed by atoms with Crippen LogP contribution in [0.25, 0.3) is 0 Å². The Morgan fingerprint density at radius 3 is 2.30 bits per heavy atom. The normalized spacial score (nSPS) is 15.6. The maximum Gasteiger partial charge on any atom is 0.128 e. The van der Waals surface area contributed by atoms with Gasteiger partial charge < -0.3 is 9.90 Å². The Labute approximate surface area is 61.6 Å². The molecule has 0 radical (unpaired) electrons. The number of rotatable bonds is 3. The molecule has 0 aliphatic rings. The first-order chi connectivity index (χ1) is 4.54. The summed E-state index contributed by atoms with van der Waals surface area (Å²) in [6.45, 7) is 5.21. The van der Waals surface area contributed by atoms with E-state index in [-0.39, 0.29) is 0 Å². The summed E-state index contributed by atoms with van der Waals surface area (Å²) in [5.41, 5.74) is -0.660. The van der Waals surface area contributed by atoms with Gasteiger partial charge >= 0.3 is 0 Å². The minimum absolute atomic E-state index is 0.660. The van der Waals surface area contributed by atoms with E-state index in [0.717, 1.165) is 6.29 Å². The van der Waals surface area contributed by atoms with Crippen LogP contribution in [0, 0.1) is 5.41 Å². The van der Waals surface area contributed by atoms with E-state index in [4.69, 9.17) is 0 Å². The van der Waals surface area contributed by atoms with Gasteiger partial charge in [-0.2, -0.15) is 0 Å². The zero-order chi connectivity index (χ0) is 8.20. The summed E-state index contributed by atoms with van der Waals surface area (Å²) in [5, 5.41) is 9.26. The van der Waals surface area contributed by atoms with Gasteiger partial charge in [-0.05, 0) is 6.92 Å². The van der Waals surface area contributed by atoms with Gasteiger partial charge in [0.2, 0.25) is 0 Å². The number of carbonyl (C=O) groups excluding carboxylic acids is 1. The van der Waals surface area contributed by atoms with Crippen LogP contribution in [0.4, 0.5) is 0 Å². The number of allylic oxidation sites excluding steroid dienone is 1. The van der Waals surface area contributed by atoms with Crippen LogP contribution in [0.1, 0.15) is 20.8 Å². The van der Waals surface area contributed by atoms with Crippen molar-refractivity contribution in [3.05, 3.63) is 12.2 Å². The highest BCUT2D eigenvalue weighted by Crippen LogP contribution is 2.17. The summed E-state index contributed by atoms with van der Waals surface area (Å²) >= 11 is 0. The summed E-state index contributed by atoms with van der Waals surface area (Å²) in [4.78, 5) is 10.3. The van der Waals surface area contributed by atoms with Crippen LogP contribution in [0.15, 0.2) is 12.2 Å². The van der Waals surface area contributed by atoms with Crippen LogP contribution in [-0.4, -0.2) is 17.5 Å². The van der Waals surface area contributed by atoms with Crippen molar-refractivity contribution in [2.75, 3.05) is 0 Å². The van der Waals surface area contributed by atoms with E-state index in [1.54, 1.807) is 26.0 Å². The average Bonchev–Trinajstić information content (AvgIpc) is 1.89. The second-order valence-corrected chi connectivity index (χ2v) is 2.91. The van der Waals surface area contributed by atoms with Crippen LogP contribution >= 0.6 is 0 Å². The molecular formula is C8H14O2. The van der Waals surface area contributed by atoms with E-state index in [9.17, 15) is 9.90 Å². The van der Waals surface area contributed by atoms with Gasteiger partial charge in [0.15, 0.2) is 0 Å². The van der Waals surface area contributed by atoms with E-state index < -0.39 is 11.5 Å². The van der Waals surface area contributed by atoms with Crippen molar-refractivity contribution in [2.45, 2.75) is 26.9 Å². The summed E-state index contributed by atoms with van der Waals surface area (Å²) < 4.78 is 0. The van der Waals surface area contributed by atoms with E-state index >= 15 is 0 Å². The Kier molecular flexibility index (Phi) is 3.30. The molecule has 0 bridgehead atoms. The fourth-order valence-corrected chi connectivity index (χ4v) is 0.500. The fraction of sp³-hybridized carbons (Fsp3) is 0.625. The first-order valence-corrected chi connectivity index (χ1v) is 3.32. The lowest BCUT2D eigenvalue weighted by atomic mass is 9.88. The van der Waals surface area contributed by atoms with Crippen molar-refractivity contribution in [1.29, 1.82) is 0 Å². The molecule has 10 heavy (non-hydrogen) atoms. The number of hydrogen-bond donors (Lipinski definition) is 1. The van der Waals surface area contributed by atoms with Crippen LogP contribution < -0.4 is 0 Å². The first kappa shape index (κ1) is 9.37. The summed E-state index contributed by atoms with van der Waals surface area (Å²) in [7, 11) is 0. The Bertz CT molecular complexity index is 136. The van der Waals surface area contributed by atoms with Crippen LogP contribution in [0.3, 0.4) is 0 Å². The summed E-state index contributed by atoms with van der Waals surface area (Å²) in [6, 6.07) is 0. The van der Waals surface area contributed by atoms with E-state index in [0.29, 0.717) is 0 Å². The van der Waals surface area contributed by atoms with Crippen molar-refractivity contribution in [3.8, 4) is 0 Å². The molecule has 2 heteroatoms. The third-order valence-corrected chi connectivity index (χ3v) is 1.44. The smallest absolute Gasteiger partial charge is 0.128 e. The lowest BCUT2D eigenvalue weighted by Gasteiger charge is -2.20. The molecule has 0 saturated heterocycles. The molecule has 0 aromatic heterocycles. The van der Waals surface area contributed by atoms with Gasteiger partial charge in [0.25, 0.3) is 0 Å². The largest absolute Gasteiger partial charge is 0.388 e. The van der Waals surface area contributed by atoms with E-state index in [2.05, 4.69) is 0 Å². The van der Waals surface area contributed by atoms with E-state index in [1.807, 2.05) is 6.92 Å². The fourth-order valence-electron chi connectivity index (χ4n) is 0.500. The molecule has 0 fully saturated rings. The van der Waals surface area contributed by atoms with Gasteiger partial charge in [-0.25, -0.2) is 0 Å². The lowest BCUT2D eigenvalue weighted by Crippen LogP contribution is -2.28. The molecule has 0 rings (SSSR count). The number of carbonyl (C=O) groups is 1. The number of aliphatic hydroxyl groups is 1. The molecule has 58 valence electrons. The molecule has 0 aliphatic carbocycles. The first-order valence-electron chi connectivity index (χ1n) is 3.32. The Hall–Kier alpha value is -0.630. The van der Waals surface area contributed by atoms with Crippen LogP contribution in [0.2, 0.25) is 0 Å². The predicted octanol–water partition coefficient (Wildman–Crippen LogP) is 1.15. The average molecular weight is 142 g/mol. The molecule has 2 nitrogen and oxygen atoms in total. The van der Waals surface area contributed by atoms with Crippen molar-refractivity contribution in [1.82, 2.24) is 0 Å². The summed E-state index contributed by atoms with van der Waals surface area (Å²) in [5.74, 6) is 0. The van der Waals surface area contributed by atoms with E-state index in [1.165, 1.54) is 0 Å². The Balaban J connectivity index is 4.16. The van der Waals surface area contributed by atoms with Crippen molar-refractivity contribution >= 4 is 6.29 Å². The minimum atomic E-state index is -0.671. The maximum absolute atomic E-state index is 10.3. The van der Waals surface area contributed by atoms with Crippen LogP contribution in [0.5, 0.6) is 0 Å². The highest BCUT2D eigenvalue weighted by molar-refractivity contribution is 5.59. The molecule has 1 N–H and O–H groups in total. The molecule has 0 aliphatic heterocycles. The quantitative estimate of drug-likeness (QED) is 0.474. The summed E-state index contributed by atoms with van der Waals surface area (Å²) in [6.07, 6.45) is 3.43. The monoisotopic (exact) mass is 142 g/mol. The third-order valence-electron chi connectivity index (χ3n) is 1.44. The molecule has 0 spiro atoms. The van der Waals surface area contributed by atoms with Gasteiger partial charge in [0.1, 0.15) is 6.29 Å². The number of aldehydes is 1. The van der Waals surface area contributed by atoms with Crippen molar-refractivity contribution in [2.24, 2.45) is 5.41 Å². The molecule has 0 unspecified atom stereocenters. The topological polar surface area (TPSA) is 37.3 Å². The Morgan fingerprint density at radius 2 is 2.00 bits per heavy atom. The third kappa shape index (κ3) is 2.31. The predicted molar refractivity (Wildman–Crippen MR) is 40.7 cm³/mol. The SMILES string of the molecule is C/C=C/[C@H](O)C(C)(C)C=O. The standard InChI is InChI=1S/C8H14O2/c1-4-5-7(10)8(2,3)6-9/h4-7,10H,1-3H3/b5-4+/t7-/m0/s1. The van der Waals surface area contributed by atoms with Gasteiger partial charge in [0, 0.05) is 5.41 Å². The highest BCUT2D eigenvalue weighted by Gasteiger charge is 2.24. The second kappa shape index (κ2) is 3.52. The molecule has 0 saturated carbocycles. The van der Waals surface area contributed by atoms with Gasteiger partial charge in [0.05, 0.1) is 6.10 Å². The van der Waals surface area contributed by atoms with Crippen LogP contribution in [-0.2, 0) is 4.79 Å². The Morgan fingerprint density at radius 1 is 1.50 bits per heavy atom. The second-order valence-electron chi connectivity index (χ2n) is 2.91. The highest BCUT2D eigenvalue weighted by atomic mass is 16.3. The molecule has 0 amide bonds. The van der Waals surface area contributed by atoms with Crippen molar-refractivity contribution in [3.63, 3.8) is 0 Å². The van der Waals surface area contributed by atoms with Gasteiger partial charge in [-0.15, -0.1) is 0 Å². The van der Waals surface area contributed by atoms with Gasteiger partial charge in [-0.1, -0.05) is 26.0 Å². The molecule has 0 heterocycles. The number of hydrogen-bond acceptors (Lipinski definition) is 2. The molecule has 0 aromatic rings. The maximum atomic E-state index is 10.3. The lowest BCUT2D eigenvalue weighted by molar-refractivity contribution is -0.118. The number of aliphatic hydroxyl groups excluding tert-OH is 1. The van der Waals surface area contributed by atoms with Gasteiger partial charge in [-0.3, -0.25) is 0 Å². The molecule has 0 aromatic carbocycles. The zero-order valence-electron chi connectivity index (χ0n) is 6.66. The minimum Gasteiger partial charge on any atom is -0.388 e.